The minimum atomic E-state index is -4.31. The van der Waals surface area contributed by atoms with E-state index in [-0.39, 0.29) is 5.91 Å². The number of hydrogen-bond acceptors (Lipinski definition) is 3. The maximum Gasteiger partial charge on any atom is 0.416 e. The van der Waals surface area contributed by atoms with E-state index < -0.39 is 11.7 Å². The first-order valence-corrected chi connectivity index (χ1v) is 9.18. The lowest BCUT2D eigenvalue weighted by Crippen LogP contribution is -2.40. The number of alkyl halides is 3. The van der Waals surface area contributed by atoms with Gasteiger partial charge in [0.25, 0.3) is 0 Å². The van der Waals surface area contributed by atoms with Crippen LogP contribution in [0.5, 0.6) is 0 Å². The Bertz CT molecular complexity index is 746. The maximum absolute atomic E-state index is 12.8. The van der Waals surface area contributed by atoms with Crippen LogP contribution in [0.25, 0.3) is 0 Å². The van der Waals surface area contributed by atoms with E-state index >= 15 is 0 Å². The summed E-state index contributed by atoms with van der Waals surface area (Å²) in [4.78, 5) is 18.1. The Morgan fingerprint density at radius 2 is 2.15 bits per heavy atom. The minimum Gasteiger partial charge on any atom is -0.342 e. The molecule has 0 radical (unpaired) electrons. The van der Waals surface area contributed by atoms with Crippen molar-refractivity contribution in [2.45, 2.75) is 44.8 Å². The van der Waals surface area contributed by atoms with Gasteiger partial charge in [-0.1, -0.05) is 18.2 Å². The van der Waals surface area contributed by atoms with Crippen molar-refractivity contribution >= 4 is 5.91 Å². The van der Waals surface area contributed by atoms with Gasteiger partial charge in [-0.15, -0.1) is 0 Å². The highest BCUT2D eigenvalue weighted by Gasteiger charge is 2.30. The largest absolute Gasteiger partial charge is 0.416 e. The summed E-state index contributed by atoms with van der Waals surface area (Å²) in [5.74, 6) is 0.415. The molecule has 0 spiro atoms. The molecule has 1 aromatic carbocycles. The van der Waals surface area contributed by atoms with E-state index in [2.05, 4.69) is 10.1 Å². The van der Waals surface area contributed by atoms with Gasteiger partial charge >= 0.3 is 6.18 Å². The van der Waals surface area contributed by atoms with Gasteiger partial charge in [-0.25, -0.2) is 4.98 Å². The highest BCUT2D eigenvalue weighted by Crippen LogP contribution is 2.30. The molecule has 5 nitrogen and oxygen atoms in total. The molecule has 0 aliphatic carbocycles. The molecule has 0 N–H and O–H groups in total. The molecule has 1 amide bonds. The Kier molecular flexibility index (Phi) is 6.13. The van der Waals surface area contributed by atoms with Crippen LogP contribution in [-0.4, -0.2) is 38.7 Å². The van der Waals surface area contributed by atoms with Crippen LogP contribution < -0.4 is 0 Å². The Hall–Kier alpha value is -2.38. The number of amides is 1. The molecule has 1 aliphatic heterocycles. The zero-order valence-electron chi connectivity index (χ0n) is 15.0. The summed E-state index contributed by atoms with van der Waals surface area (Å²) in [5.41, 5.74) is 0.0908. The highest BCUT2D eigenvalue weighted by atomic mass is 19.4. The number of likely N-dealkylation sites (tertiary alicyclic amines) is 1. The van der Waals surface area contributed by atoms with Gasteiger partial charge in [-0.05, 0) is 43.2 Å². The first-order chi connectivity index (χ1) is 12.9. The normalized spacial score (nSPS) is 17.9. The number of hydrogen-bond donors (Lipinski definition) is 0. The second kappa shape index (κ2) is 8.54. The third-order valence-corrected chi connectivity index (χ3v) is 4.99. The summed E-state index contributed by atoms with van der Waals surface area (Å²) in [5, 5.41) is 3.99. The average molecular weight is 380 g/mol. The smallest absolute Gasteiger partial charge is 0.342 e. The molecular formula is C19H23F3N4O. The fourth-order valence-electron chi connectivity index (χ4n) is 3.52. The molecule has 1 atom stereocenters. The molecular weight excluding hydrogens is 357 g/mol. The van der Waals surface area contributed by atoms with E-state index in [1.54, 1.807) is 17.1 Å². The van der Waals surface area contributed by atoms with Gasteiger partial charge in [0, 0.05) is 19.5 Å². The van der Waals surface area contributed by atoms with Crippen LogP contribution >= 0.6 is 0 Å². The molecule has 0 saturated carbocycles. The summed E-state index contributed by atoms with van der Waals surface area (Å²) in [7, 11) is 0. The van der Waals surface area contributed by atoms with Crippen molar-refractivity contribution in [3.63, 3.8) is 0 Å². The zero-order chi connectivity index (χ0) is 19.3. The fraction of sp³-hybridized carbons (Fsp3) is 0.526. The number of aromatic nitrogens is 3. The van der Waals surface area contributed by atoms with Gasteiger partial charge in [0.2, 0.25) is 5.91 Å². The summed E-state index contributed by atoms with van der Waals surface area (Å²) in [6, 6.07) is 5.52. The number of halogens is 3. The third kappa shape index (κ3) is 5.55. The number of aryl methyl sites for hydroxylation is 2. The van der Waals surface area contributed by atoms with E-state index in [0.29, 0.717) is 37.4 Å². The summed E-state index contributed by atoms with van der Waals surface area (Å²) >= 11 is 0. The monoisotopic (exact) mass is 380 g/mol. The van der Waals surface area contributed by atoms with Crippen molar-refractivity contribution < 1.29 is 18.0 Å². The van der Waals surface area contributed by atoms with Gasteiger partial charge in [-0.3, -0.25) is 9.48 Å². The SMILES string of the molecule is O=C(CCn1cncn1)N1CCC[C@H](CCc2cccc(C(F)(F)F)c2)C1. The third-order valence-electron chi connectivity index (χ3n) is 4.99. The molecule has 1 aliphatic rings. The lowest BCUT2D eigenvalue weighted by Gasteiger charge is -2.33. The van der Waals surface area contributed by atoms with Gasteiger partial charge in [-0.2, -0.15) is 18.3 Å². The van der Waals surface area contributed by atoms with Gasteiger partial charge in [0.05, 0.1) is 12.1 Å². The van der Waals surface area contributed by atoms with Crippen LogP contribution in [0.15, 0.2) is 36.9 Å². The van der Waals surface area contributed by atoms with E-state index in [1.807, 2.05) is 4.90 Å². The number of nitrogens with zero attached hydrogens (tertiary/aromatic N) is 4. The van der Waals surface area contributed by atoms with Crippen LogP contribution in [0.1, 0.15) is 36.8 Å². The van der Waals surface area contributed by atoms with Crippen molar-refractivity contribution in [2.75, 3.05) is 13.1 Å². The molecule has 1 aromatic heterocycles. The van der Waals surface area contributed by atoms with Crippen molar-refractivity contribution in [3.8, 4) is 0 Å². The van der Waals surface area contributed by atoms with Crippen molar-refractivity contribution in [1.82, 2.24) is 19.7 Å². The summed E-state index contributed by atoms with van der Waals surface area (Å²) in [6.07, 6.45) is 2.41. The second-order valence-electron chi connectivity index (χ2n) is 6.99. The lowest BCUT2D eigenvalue weighted by atomic mass is 9.91. The Balaban J connectivity index is 1.49. The van der Waals surface area contributed by atoms with E-state index in [0.717, 1.165) is 31.9 Å². The number of rotatable bonds is 6. The van der Waals surface area contributed by atoms with Gasteiger partial charge in [0.1, 0.15) is 12.7 Å². The molecule has 1 fully saturated rings. The molecule has 0 unspecified atom stereocenters. The number of carbonyl (C=O) groups excluding carboxylic acids is 1. The van der Waals surface area contributed by atoms with Crippen LogP contribution in [0.3, 0.4) is 0 Å². The molecule has 8 heteroatoms. The average Bonchev–Trinajstić information content (AvgIpc) is 3.18. The first kappa shape index (κ1) is 19.4. The van der Waals surface area contributed by atoms with Crippen LogP contribution in [0, 0.1) is 5.92 Å². The molecule has 146 valence electrons. The standard InChI is InChI=1S/C19H23F3N4O/c20-19(21,22)17-5-1-3-15(11-17)6-7-16-4-2-9-25(12-16)18(27)8-10-26-14-23-13-24-26/h1,3,5,11,13-14,16H,2,4,6-10,12H2/t16-/m1/s1. The van der Waals surface area contributed by atoms with Crippen LogP contribution in [0.2, 0.25) is 0 Å². The molecule has 2 heterocycles. The molecule has 0 bridgehead atoms. The minimum absolute atomic E-state index is 0.0919. The number of carbonyl (C=O) groups is 1. The number of piperidine rings is 1. The summed E-state index contributed by atoms with van der Waals surface area (Å²) in [6.45, 7) is 1.93. The molecule has 27 heavy (non-hydrogen) atoms. The van der Waals surface area contributed by atoms with Crippen LogP contribution in [-0.2, 0) is 23.9 Å². The zero-order valence-corrected chi connectivity index (χ0v) is 15.0. The highest BCUT2D eigenvalue weighted by molar-refractivity contribution is 5.76. The van der Waals surface area contributed by atoms with Crippen molar-refractivity contribution in [3.05, 3.63) is 48.0 Å². The molecule has 1 saturated heterocycles. The summed E-state index contributed by atoms with van der Waals surface area (Å²) < 4.78 is 40.1. The molecule has 2 aromatic rings. The Labute approximate surface area is 156 Å². The maximum atomic E-state index is 12.8. The first-order valence-electron chi connectivity index (χ1n) is 9.18. The van der Waals surface area contributed by atoms with E-state index in [4.69, 9.17) is 0 Å². The van der Waals surface area contributed by atoms with E-state index in [9.17, 15) is 18.0 Å². The Morgan fingerprint density at radius 1 is 1.30 bits per heavy atom. The quantitative estimate of drug-likeness (QED) is 0.770. The van der Waals surface area contributed by atoms with Gasteiger partial charge in [0.15, 0.2) is 0 Å². The van der Waals surface area contributed by atoms with E-state index in [1.165, 1.54) is 18.5 Å². The lowest BCUT2D eigenvalue weighted by molar-refractivity contribution is -0.137. The Morgan fingerprint density at radius 3 is 2.89 bits per heavy atom. The topological polar surface area (TPSA) is 51.0 Å². The van der Waals surface area contributed by atoms with Crippen LogP contribution in [0.4, 0.5) is 13.2 Å². The van der Waals surface area contributed by atoms with Crippen molar-refractivity contribution in [1.29, 1.82) is 0 Å². The number of benzene rings is 1. The second-order valence-corrected chi connectivity index (χ2v) is 6.99. The molecule has 3 rings (SSSR count). The van der Waals surface area contributed by atoms with Crippen molar-refractivity contribution in [2.24, 2.45) is 5.92 Å². The van der Waals surface area contributed by atoms with Gasteiger partial charge < -0.3 is 4.90 Å². The fourth-order valence-corrected chi connectivity index (χ4v) is 3.52. The predicted molar refractivity (Wildman–Crippen MR) is 93.7 cm³/mol. The predicted octanol–water partition coefficient (Wildman–Crippen LogP) is 3.56.